The molecule has 1 aliphatic rings. The van der Waals surface area contributed by atoms with Crippen molar-refractivity contribution in [2.75, 3.05) is 13.1 Å². The summed E-state index contributed by atoms with van der Waals surface area (Å²) in [5.41, 5.74) is 5.82. The number of nitrogens with two attached hydrogens (primary N) is 1. The fourth-order valence-corrected chi connectivity index (χ4v) is 2.79. The number of halogens is 2. The van der Waals surface area contributed by atoms with Crippen molar-refractivity contribution in [1.82, 2.24) is 4.90 Å². The number of hydrogen-bond acceptors (Lipinski definition) is 3. The number of thiophene rings is 1. The van der Waals surface area contributed by atoms with Crippen LogP contribution in [-0.4, -0.2) is 24.0 Å². The van der Waals surface area contributed by atoms with Gasteiger partial charge in [0.2, 0.25) is 0 Å². The average Bonchev–Trinajstić information content (AvgIpc) is 2.62. The molecule has 5 heteroatoms. The van der Waals surface area contributed by atoms with Crippen molar-refractivity contribution < 1.29 is 0 Å². The summed E-state index contributed by atoms with van der Waals surface area (Å²) in [6.07, 6.45) is 1.12. The van der Waals surface area contributed by atoms with Crippen LogP contribution in [0.3, 0.4) is 0 Å². The van der Waals surface area contributed by atoms with Crippen LogP contribution in [0.4, 0.5) is 0 Å². The summed E-state index contributed by atoms with van der Waals surface area (Å²) in [4.78, 5) is 3.71. The Kier molecular flexibility index (Phi) is 4.67. The molecule has 2 nitrogen and oxygen atoms in total. The summed E-state index contributed by atoms with van der Waals surface area (Å²) in [6, 6.07) is 4.42. The van der Waals surface area contributed by atoms with E-state index in [4.69, 9.17) is 17.3 Å². The summed E-state index contributed by atoms with van der Waals surface area (Å²) in [5.74, 6) is 0. The van der Waals surface area contributed by atoms with E-state index in [2.05, 4.69) is 11.0 Å². The van der Waals surface area contributed by atoms with Crippen LogP contribution in [0.1, 0.15) is 11.3 Å². The van der Waals surface area contributed by atoms with Gasteiger partial charge in [-0.1, -0.05) is 11.6 Å². The SMILES string of the molecule is Cl.N[C@@H]1CCN(Cc2ccc(Cl)s2)C1. The highest BCUT2D eigenvalue weighted by Crippen LogP contribution is 2.23. The second-order valence-corrected chi connectivity index (χ2v) is 5.29. The lowest BCUT2D eigenvalue weighted by Crippen LogP contribution is -2.25. The minimum Gasteiger partial charge on any atom is -0.326 e. The van der Waals surface area contributed by atoms with Crippen molar-refractivity contribution >= 4 is 35.3 Å². The molecule has 0 saturated carbocycles. The number of likely N-dealkylation sites (tertiary alicyclic amines) is 1. The third kappa shape index (κ3) is 3.11. The molecule has 1 fully saturated rings. The second kappa shape index (κ2) is 5.33. The van der Waals surface area contributed by atoms with Crippen LogP contribution < -0.4 is 5.73 Å². The van der Waals surface area contributed by atoms with Gasteiger partial charge in [-0.25, -0.2) is 0 Å². The van der Waals surface area contributed by atoms with Gasteiger partial charge in [-0.05, 0) is 18.6 Å². The van der Waals surface area contributed by atoms with Gasteiger partial charge in [0.1, 0.15) is 0 Å². The molecule has 1 atom stereocenters. The standard InChI is InChI=1S/C9H13ClN2S.ClH/c10-9-2-1-8(13-9)6-12-4-3-7(11)5-12;/h1-2,7H,3-6,11H2;1H/t7-;/m1./s1. The Bertz CT molecular complexity index is 290. The summed E-state index contributed by atoms with van der Waals surface area (Å²) < 4.78 is 0.874. The summed E-state index contributed by atoms with van der Waals surface area (Å²) in [6.45, 7) is 3.15. The topological polar surface area (TPSA) is 29.3 Å². The summed E-state index contributed by atoms with van der Waals surface area (Å²) in [5, 5.41) is 0. The number of hydrogen-bond donors (Lipinski definition) is 1. The maximum atomic E-state index is 5.85. The zero-order valence-electron chi connectivity index (χ0n) is 7.78. The van der Waals surface area contributed by atoms with Gasteiger partial charge in [0.05, 0.1) is 4.34 Å². The van der Waals surface area contributed by atoms with Gasteiger partial charge in [0.15, 0.2) is 0 Å². The molecule has 0 aliphatic carbocycles. The predicted octanol–water partition coefficient (Wildman–Crippen LogP) is 2.36. The Hall–Kier alpha value is 0.200. The minimum atomic E-state index is 0. The van der Waals surface area contributed by atoms with E-state index in [1.165, 1.54) is 4.88 Å². The highest BCUT2D eigenvalue weighted by molar-refractivity contribution is 7.16. The largest absolute Gasteiger partial charge is 0.326 e. The first kappa shape index (κ1) is 12.3. The van der Waals surface area contributed by atoms with Crippen molar-refractivity contribution in [1.29, 1.82) is 0 Å². The molecular formula is C9H14Cl2N2S. The lowest BCUT2D eigenvalue weighted by atomic mass is 10.3. The summed E-state index contributed by atoms with van der Waals surface area (Å²) in [7, 11) is 0. The van der Waals surface area contributed by atoms with Crippen molar-refractivity contribution in [3.8, 4) is 0 Å². The molecule has 1 aromatic heterocycles. The molecule has 2 heterocycles. The van der Waals surface area contributed by atoms with E-state index < -0.39 is 0 Å². The third-order valence-electron chi connectivity index (χ3n) is 2.32. The quantitative estimate of drug-likeness (QED) is 0.876. The normalized spacial score (nSPS) is 22.3. The third-order valence-corrected chi connectivity index (χ3v) is 3.53. The van der Waals surface area contributed by atoms with Gasteiger partial charge in [-0.3, -0.25) is 4.90 Å². The van der Waals surface area contributed by atoms with Gasteiger partial charge in [-0.2, -0.15) is 0 Å². The molecule has 1 saturated heterocycles. The first-order valence-corrected chi connectivity index (χ1v) is 5.65. The summed E-state index contributed by atoms with van der Waals surface area (Å²) >= 11 is 7.51. The molecule has 0 unspecified atom stereocenters. The molecule has 0 amide bonds. The smallest absolute Gasteiger partial charge is 0.0931 e. The highest BCUT2D eigenvalue weighted by Gasteiger charge is 2.19. The van der Waals surface area contributed by atoms with E-state index in [0.717, 1.165) is 30.4 Å². The molecule has 1 aliphatic heterocycles. The van der Waals surface area contributed by atoms with Crippen molar-refractivity contribution in [2.24, 2.45) is 5.73 Å². The second-order valence-electron chi connectivity index (χ2n) is 3.49. The van der Waals surface area contributed by atoms with E-state index >= 15 is 0 Å². The maximum absolute atomic E-state index is 5.85. The van der Waals surface area contributed by atoms with Gasteiger partial charge < -0.3 is 5.73 Å². The monoisotopic (exact) mass is 252 g/mol. The predicted molar refractivity (Wildman–Crippen MR) is 64.4 cm³/mol. The molecule has 1 aromatic rings. The molecule has 0 spiro atoms. The number of nitrogens with zero attached hydrogens (tertiary/aromatic N) is 1. The Morgan fingerprint density at radius 2 is 2.36 bits per heavy atom. The fraction of sp³-hybridized carbons (Fsp3) is 0.556. The molecule has 80 valence electrons. The van der Waals surface area contributed by atoms with Gasteiger partial charge in [0.25, 0.3) is 0 Å². The molecule has 0 bridgehead atoms. The lowest BCUT2D eigenvalue weighted by molar-refractivity contribution is 0.330. The van der Waals surface area contributed by atoms with Crippen LogP contribution in [-0.2, 0) is 6.54 Å². The number of rotatable bonds is 2. The van der Waals surface area contributed by atoms with E-state index in [1.54, 1.807) is 11.3 Å². The van der Waals surface area contributed by atoms with Crippen LogP contribution >= 0.6 is 35.3 Å². The van der Waals surface area contributed by atoms with Crippen molar-refractivity contribution in [2.45, 2.75) is 19.0 Å². The fourth-order valence-electron chi connectivity index (χ4n) is 1.66. The molecule has 2 N–H and O–H groups in total. The van der Waals surface area contributed by atoms with Crippen molar-refractivity contribution in [3.05, 3.63) is 21.3 Å². The van der Waals surface area contributed by atoms with E-state index in [9.17, 15) is 0 Å². The van der Waals surface area contributed by atoms with Crippen LogP contribution in [0.15, 0.2) is 12.1 Å². The van der Waals surface area contributed by atoms with Crippen LogP contribution in [0.5, 0.6) is 0 Å². The molecular weight excluding hydrogens is 239 g/mol. The van der Waals surface area contributed by atoms with Crippen LogP contribution in [0.25, 0.3) is 0 Å². The minimum absolute atomic E-state index is 0. The first-order chi connectivity index (χ1) is 6.24. The lowest BCUT2D eigenvalue weighted by Gasteiger charge is -2.12. The Labute approximate surface area is 99.4 Å². The maximum Gasteiger partial charge on any atom is 0.0931 e. The highest BCUT2D eigenvalue weighted by atomic mass is 35.5. The molecule has 14 heavy (non-hydrogen) atoms. The Balaban J connectivity index is 0.000000980. The van der Waals surface area contributed by atoms with E-state index in [1.807, 2.05) is 6.07 Å². The van der Waals surface area contributed by atoms with Crippen LogP contribution in [0.2, 0.25) is 4.34 Å². The Morgan fingerprint density at radius 3 is 2.86 bits per heavy atom. The van der Waals surface area contributed by atoms with E-state index in [0.29, 0.717) is 6.04 Å². The first-order valence-electron chi connectivity index (χ1n) is 4.46. The van der Waals surface area contributed by atoms with Gasteiger partial charge in [-0.15, -0.1) is 23.7 Å². The van der Waals surface area contributed by atoms with Gasteiger partial charge >= 0.3 is 0 Å². The zero-order chi connectivity index (χ0) is 9.26. The average molecular weight is 253 g/mol. The van der Waals surface area contributed by atoms with Gasteiger partial charge in [0, 0.05) is 30.6 Å². The molecule has 2 rings (SSSR count). The van der Waals surface area contributed by atoms with Crippen molar-refractivity contribution in [3.63, 3.8) is 0 Å². The van der Waals surface area contributed by atoms with Crippen LogP contribution in [0, 0.1) is 0 Å². The molecule has 0 radical (unpaired) electrons. The molecule has 0 aromatic carbocycles. The van der Waals surface area contributed by atoms with E-state index in [-0.39, 0.29) is 12.4 Å². The zero-order valence-corrected chi connectivity index (χ0v) is 10.2. The Morgan fingerprint density at radius 1 is 1.57 bits per heavy atom.